The van der Waals surface area contributed by atoms with Crippen molar-refractivity contribution in [2.45, 2.75) is 0 Å². The number of rotatable bonds is 4. The predicted octanol–water partition coefficient (Wildman–Crippen LogP) is 13.7. The van der Waals surface area contributed by atoms with Crippen LogP contribution in [0.3, 0.4) is 0 Å². The molecule has 0 saturated carbocycles. The molecule has 11 rings (SSSR count). The SMILES string of the molecule is [C-]#[N+]c1ccc(-n2c3ccccc3c3cc([N+]#[C-])ccc32)c(-c2cccc(-n3c4ccccc4c4cc(-n5c6ccccc6c6ccccc65)ccc43)c2)c1. The van der Waals surface area contributed by atoms with E-state index in [0.717, 1.165) is 61.0 Å². The van der Waals surface area contributed by atoms with Gasteiger partial charge in [0.2, 0.25) is 0 Å². The molecule has 3 heterocycles. The van der Waals surface area contributed by atoms with Crippen LogP contribution in [0.4, 0.5) is 11.4 Å². The van der Waals surface area contributed by atoms with Gasteiger partial charge in [-0.3, -0.25) is 0 Å². The zero-order valence-corrected chi connectivity index (χ0v) is 29.5. The molecular weight excluding hydrogens is 671 g/mol. The molecule has 55 heavy (non-hydrogen) atoms. The third-order valence-electron chi connectivity index (χ3n) is 11.0. The second-order valence-corrected chi connectivity index (χ2v) is 14.0. The Hall–Kier alpha value is -7.86. The van der Waals surface area contributed by atoms with Gasteiger partial charge >= 0.3 is 0 Å². The van der Waals surface area contributed by atoms with Crippen LogP contribution in [0.25, 0.3) is 103 Å². The molecule has 0 N–H and O–H groups in total. The molecule has 0 fully saturated rings. The minimum absolute atomic E-state index is 0.578. The van der Waals surface area contributed by atoms with Crippen molar-refractivity contribution in [1.29, 1.82) is 0 Å². The summed E-state index contributed by atoms with van der Waals surface area (Å²) >= 11 is 0. The summed E-state index contributed by atoms with van der Waals surface area (Å²) in [4.78, 5) is 7.57. The Balaban J connectivity index is 1.13. The Labute approximate surface area is 316 Å². The molecule has 0 spiro atoms. The summed E-state index contributed by atoms with van der Waals surface area (Å²) < 4.78 is 7.00. The Morgan fingerprint density at radius 2 is 0.782 bits per heavy atom. The average Bonchev–Trinajstić information content (AvgIpc) is 3.88. The molecule has 0 bridgehead atoms. The van der Waals surface area contributed by atoms with E-state index in [-0.39, 0.29) is 0 Å². The molecule has 0 aliphatic rings. The molecule has 0 radical (unpaired) electrons. The van der Waals surface area contributed by atoms with Gasteiger partial charge in [0.25, 0.3) is 0 Å². The number of para-hydroxylation sites is 4. The van der Waals surface area contributed by atoms with Gasteiger partial charge < -0.3 is 13.7 Å². The van der Waals surface area contributed by atoms with E-state index in [2.05, 4.69) is 163 Å². The van der Waals surface area contributed by atoms with Gasteiger partial charge in [0.15, 0.2) is 11.4 Å². The Kier molecular flexibility index (Phi) is 6.61. The molecule has 0 aliphatic carbocycles. The van der Waals surface area contributed by atoms with Crippen LogP contribution in [0, 0.1) is 13.1 Å². The molecule has 5 nitrogen and oxygen atoms in total. The van der Waals surface area contributed by atoms with E-state index in [4.69, 9.17) is 13.1 Å². The second kappa shape index (κ2) is 11.8. The van der Waals surface area contributed by atoms with Crippen LogP contribution in [0.15, 0.2) is 176 Å². The molecule has 0 saturated heterocycles. The Morgan fingerprint density at radius 3 is 1.40 bits per heavy atom. The summed E-state index contributed by atoms with van der Waals surface area (Å²) in [6.07, 6.45) is 0. The van der Waals surface area contributed by atoms with Crippen molar-refractivity contribution in [3.8, 4) is 28.2 Å². The minimum Gasteiger partial charge on any atom is -0.309 e. The van der Waals surface area contributed by atoms with E-state index in [1.165, 1.54) is 32.6 Å². The van der Waals surface area contributed by atoms with Gasteiger partial charge in [-0.05, 0) is 95.4 Å². The number of aromatic nitrogens is 3. The van der Waals surface area contributed by atoms with Gasteiger partial charge in [-0.1, -0.05) is 97.1 Å². The van der Waals surface area contributed by atoms with E-state index < -0.39 is 0 Å². The van der Waals surface area contributed by atoms with E-state index >= 15 is 0 Å². The van der Waals surface area contributed by atoms with Gasteiger partial charge in [-0.15, -0.1) is 0 Å². The van der Waals surface area contributed by atoms with Crippen LogP contribution in [0.5, 0.6) is 0 Å². The second-order valence-electron chi connectivity index (χ2n) is 14.0. The number of benzene rings is 8. The lowest BCUT2D eigenvalue weighted by Crippen LogP contribution is -1.99. The summed E-state index contributed by atoms with van der Waals surface area (Å²) in [7, 11) is 0. The lowest BCUT2D eigenvalue weighted by atomic mass is 10.0. The molecule has 0 atom stereocenters. The molecule has 11 aromatic rings. The van der Waals surface area contributed by atoms with E-state index in [0.29, 0.717) is 11.4 Å². The quantitative estimate of drug-likeness (QED) is 0.163. The minimum atomic E-state index is 0.578. The smallest absolute Gasteiger partial charge is 0.188 e. The van der Waals surface area contributed by atoms with Crippen molar-refractivity contribution >= 4 is 76.8 Å². The molecule has 0 amide bonds. The average molecular weight is 700 g/mol. The van der Waals surface area contributed by atoms with Crippen molar-refractivity contribution in [1.82, 2.24) is 13.7 Å². The summed E-state index contributed by atoms with van der Waals surface area (Å²) in [5.74, 6) is 0. The maximum Gasteiger partial charge on any atom is 0.188 e. The number of fused-ring (bicyclic) bond motifs is 9. The van der Waals surface area contributed by atoms with Gasteiger partial charge in [0.05, 0.1) is 51.9 Å². The fourth-order valence-corrected chi connectivity index (χ4v) is 8.70. The number of nitrogens with zero attached hydrogens (tertiary/aromatic N) is 5. The van der Waals surface area contributed by atoms with Gasteiger partial charge in [-0.2, -0.15) is 0 Å². The van der Waals surface area contributed by atoms with Crippen molar-refractivity contribution in [3.63, 3.8) is 0 Å². The lowest BCUT2D eigenvalue weighted by molar-refractivity contribution is 1.16. The Bertz CT molecular complexity index is 3420. The highest BCUT2D eigenvalue weighted by Crippen LogP contribution is 2.41. The van der Waals surface area contributed by atoms with Crippen molar-refractivity contribution in [2.24, 2.45) is 0 Å². The summed E-state index contributed by atoms with van der Waals surface area (Å²) in [6, 6.07) is 61.6. The number of hydrogen-bond acceptors (Lipinski definition) is 0. The number of hydrogen-bond donors (Lipinski definition) is 0. The van der Waals surface area contributed by atoms with Crippen molar-refractivity contribution in [2.75, 3.05) is 0 Å². The molecule has 0 aliphatic heterocycles. The normalized spacial score (nSPS) is 11.6. The molecule has 0 unspecified atom stereocenters. The van der Waals surface area contributed by atoms with Gasteiger partial charge in [0, 0.05) is 38.3 Å². The molecule has 5 heteroatoms. The highest BCUT2D eigenvalue weighted by atomic mass is 15.0. The van der Waals surface area contributed by atoms with Crippen LogP contribution < -0.4 is 0 Å². The zero-order chi connectivity index (χ0) is 36.6. The van der Waals surface area contributed by atoms with Gasteiger partial charge in [0.1, 0.15) is 0 Å². The fraction of sp³-hybridized carbons (Fsp3) is 0. The Morgan fingerprint density at radius 1 is 0.327 bits per heavy atom. The van der Waals surface area contributed by atoms with Crippen LogP contribution in [-0.4, -0.2) is 13.7 Å². The van der Waals surface area contributed by atoms with Crippen LogP contribution in [-0.2, 0) is 0 Å². The first-order valence-corrected chi connectivity index (χ1v) is 18.3. The monoisotopic (exact) mass is 699 g/mol. The molecule has 8 aromatic carbocycles. The third-order valence-corrected chi connectivity index (χ3v) is 11.0. The van der Waals surface area contributed by atoms with Crippen LogP contribution >= 0.6 is 0 Å². The lowest BCUT2D eigenvalue weighted by Gasteiger charge is -2.16. The van der Waals surface area contributed by atoms with Crippen molar-refractivity contribution in [3.05, 3.63) is 199 Å². The maximum atomic E-state index is 7.93. The van der Waals surface area contributed by atoms with Crippen LogP contribution in [0.2, 0.25) is 0 Å². The molecular formula is C50H29N5. The highest BCUT2D eigenvalue weighted by molar-refractivity contribution is 6.13. The highest BCUT2D eigenvalue weighted by Gasteiger charge is 2.19. The fourth-order valence-electron chi connectivity index (χ4n) is 8.70. The third kappa shape index (κ3) is 4.51. The predicted molar refractivity (Wildman–Crippen MR) is 227 cm³/mol. The molecule has 3 aromatic heterocycles. The largest absolute Gasteiger partial charge is 0.309 e. The first kappa shape index (κ1) is 30.7. The summed E-state index contributed by atoms with van der Waals surface area (Å²) in [5, 5.41) is 6.97. The standard InChI is InChI=1S/C50H29N5/c1-51-33-22-25-48(55-47-21-10-6-16-39(47)42-30-34(52-2)23-26-50(42)55)41(29-33)32-12-11-13-35(28-32)53-46-20-9-5-17-40(46)43-31-36(24-27-49(43)53)54-44-18-7-3-14-37(44)38-15-4-8-19-45(38)54/h3-31H. The zero-order valence-electron chi connectivity index (χ0n) is 29.5. The van der Waals surface area contributed by atoms with E-state index in [9.17, 15) is 0 Å². The van der Waals surface area contributed by atoms with E-state index in [1.807, 2.05) is 36.4 Å². The first-order valence-electron chi connectivity index (χ1n) is 18.3. The first-order chi connectivity index (χ1) is 27.2. The van der Waals surface area contributed by atoms with Gasteiger partial charge in [-0.25, -0.2) is 9.69 Å². The van der Waals surface area contributed by atoms with Crippen molar-refractivity contribution < 1.29 is 0 Å². The summed E-state index contributed by atoms with van der Waals surface area (Å²) in [5.41, 5.74) is 13.0. The van der Waals surface area contributed by atoms with Crippen LogP contribution in [0.1, 0.15) is 0 Å². The maximum absolute atomic E-state index is 7.93. The summed E-state index contributed by atoms with van der Waals surface area (Å²) in [6.45, 7) is 15.6. The topological polar surface area (TPSA) is 23.5 Å². The molecule has 254 valence electrons. The van der Waals surface area contributed by atoms with E-state index in [1.54, 1.807) is 0 Å².